The average Bonchev–Trinajstić information content (AvgIpc) is 2.36. The minimum absolute atomic E-state index is 0.00663. The smallest absolute Gasteiger partial charge is 0.243 e. The Labute approximate surface area is 123 Å². The number of hydrogen-bond acceptors (Lipinski definition) is 5. The van der Waals surface area contributed by atoms with Gasteiger partial charge in [0.2, 0.25) is 15.9 Å². The molecule has 116 valence electrons. The Balaban J connectivity index is 2.29. The van der Waals surface area contributed by atoms with Crippen molar-refractivity contribution in [2.45, 2.75) is 11.8 Å². The van der Waals surface area contributed by atoms with Crippen molar-refractivity contribution in [1.29, 1.82) is 0 Å². The Hall–Kier alpha value is -1.64. The molecule has 8 heteroatoms. The summed E-state index contributed by atoms with van der Waals surface area (Å²) < 4.78 is 31.2. The van der Waals surface area contributed by atoms with Crippen LogP contribution in [0.1, 0.15) is 6.92 Å². The summed E-state index contributed by atoms with van der Waals surface area (Å²) in [7, 11) is -2.17. The van der Waals surface area contributed by atoms with Crippen molar-refractivity contribution in [3.8, 4) is 5.75 Å². The van der Waals surface area contributed by atoms with Crippen LogP contribution in [0.4, 0.5) is 5.69 Å². The summed E-state index contributed by atoms with van der Waals surface area (Å²) in [6.45, 7) is 1.92. The summed E-state index contributed by atoms with van der Waals surface area (Å²) >= 11 is 0. The molecule has 7 nitrogen and oxygen atoms in total. The van der Waals surface area contributed by atoms with E-state index < -0.39 is 10.0 Å². The maximum absolute atomic E-state index is 12.4. The van der Waals surface area contributed by atoms with E-state index in [1.165, 1.54) is 36.5 Å². The Morgan fingerprint density at radius 2 is 2.14 bits per heavy atom. The normalized spacial score (nSPS) is 16.3. The Kier molecular flexibility index (Phi) is 4.50. The molecule has 1 aromatic carbocycles. The molecule has 1 heterocycles. The van der Waals surface area contributed by atoms with Gasteiger partial charge in [0, 0.05) is 32.5 Å². The quantitative estimate of drug-likeness (QED) is 0.813. The molecule has 1 aromatic rings. The lowest BCUT2D eigenvalue weighted by molar-refractivity contribution is -0.114. The number of methoxy groups -OCH3 is 1. The Morgan fingerprint density at radius 1 is 1.48 bits per heavy atom. The van der Waals surface area contributed by atoms with Crippen molar-refractivity contribution in [3.05, 3.63) is 18.2 Å². The molecule has 0 unspecified atom stereocenters. The largest absolute Gasteiger partial charge is 0.495 e. The number of sulfonamides is 1. The van der Waals surface area contributed by atoms with Crippen molar-refractivity contribution in [2.24, 2.45) is 5.92 Å². The fraction of sp³-hybridized carbons (Fsp3) is 0.462. The second-order valence-electron chi connectivity index (χ2n) is 4.91. The highest BCUT2D eigenvalue weighted by atomic mass is 32.2. The van der Waals surface area contributed by atoms with Gasteiger partial charge in [0.1, 0.15) is 5.75 Å². The maximum Gasteiger partial charge on any atom is 0.243 e. The molecule has 0 aliphatic carbocycles. The number of anilines is 1. The molecule has 0 saturated carbocycles. The number of ether oxygens (including phenoxy) is 1. The van der Waals surface area contributed by atoms with Crippen molar-refractivity contribution in [1.82, 2.24) is 4.31 Å². The molecule has 0 aromatic heterocycles. The second-order valence-corrected chi connectivity index (χ2v) is 6.85. The summed E-state index contributed by atoms with van der Waals surface area (Å²) in [4.78, 5) is 11.3. The van der Waals surface area contributed by atoms with E-state index in [0.717, 1.165) is 0 Å². The van der Waals surface area contributed by atoms with Crippen LogP contribution in [0.5, 0.6) is 5.75 Å². The second kappa shape index (κ2) is 6.00. The molecule has 0 spiro atoms. The predicted octanol–water partition coefficient (Wildman–Crippen LogP) is 0.266. The predicted molar refractivity (Wildman–Crippen MR) is 76.6 cm³/mol. The van der Waals surface area contributed by atoms with Crippen LogP contribution >= 0.6 is 0 Å². The minimum Gasteiger partial charge on any atom is -0.495 e. The number of nitrogens with zero attached hydrogens (tertiary/aromatic N) is 1. The van der Waals surface area contributed by atoms with Crippen LogP contribution in [0.15, 0.2) is 23.1 Å². The van der Waals surface area contributed by atoms with E-state index in [9.17, 15) is 13.2 Å². The SMILES string of the molecule is COc1ccc(S(=O)(=O)N2CC(CO)C2)cc1NC(C)=O. The monoisotopic (exact) mass is 314 g/mol. The third-order valence-corrected chi connectivity index (χ3v) is 5.13. The lowest BCUT2D eigenvalue weighted by Crippen LogP contribution is -2.51. The number of aliphatic hydroxyl groups is 1. The van der Waals surface area contributed by atoms with Gasteiger partial charge in [0.15, 0.2) is 0 Å². The van der Waals surface area contributed by atoms with Gasteiger partial charge >= 0.3 is 0 Å². The van der Waals surface area contributed by atoms with E-state index in [2.05, 4.69) is 5.32 Å². The van der Waals surface area contributed by atoms with Gasteiger partial charge in [-0.3, -0.25) is 4.79 Å². The molecule has 2 rings (SSSR count). The van der Waals surface area contributed by atoms with Crippen molar-refractivity contribution in [2.75, 3.05) is 32.1 Å². The van der Waals surface area contributed by atoms with Gasteiger partial charge in [-0.05, 0) is 18.2 Å². The molecular formula is C13H18N2O5S. The fourth-order valence-corrected chi connectivity index (χ4v) is 3.74. The standard InChI is InChI=1S/C13H18N2O5S/c1-9(17)14-12-5-11(3-4-13(12)20-2)21(18,19)15-6-10(7-15)8-16/h3-5,10,16H,6-8H2,1-2H3,(H,14,17). The van der Waals surface area contributed by atoms with Gasteiger partial charge in [-0.25, -0.2) is 8.42 Å². The third kappa shape index (κ3) is 3.17. The van der Waals surface area contributed by atoms with Crippen LogP contribution in [0.2, 0.25) is 0 Å². The van der Waals surface area contributed by atoms with Crippen molar-refractivity contribution < 1.29 is 23.1 Å². The topological polar surface area (TPSA) is 95.9 Å². The highest BCUT2D eigenvalue weighted by Crippen LogP contribution is 2.31. The molecule has 1 aliphatic rings. The first-order chi connectivity index (χ1) is 9.88. The first-order valence-electron chi connectivity index (χ1n) is 6.45. The summed E-state index contributed by atoms with van der Waals surface area (Å²) in [6, 6.07) is 4.31. The number of aliphatic hydroxyl groups excluding tert-OH is 1. The molecule has 0 bridgehead atoms. The number of amides is 1. The van der Waals surface area contributed by atoms with Crippen LogP contribution in [-0.4, -0.2) is 50.5 Å². The summed E-state index contributed by atoms with van der Waals surface area (Å²) in [5.74, 6) is 0.0703. The lowest BCUT2D eigenvalue weighted by Gasteiger charge is -2.37. The molecule has 0 radical (unpaired) electrons. The average molecular weight is 314 g/mol. The lowest BCUT2D eigenvalue weighted by atomic mass is 10.1. The zero-order valence-electron chi connectivity index (χ0n) is 11.9. The summed E-state index contributed by atoms with van der Waals surface area (Å²) in [5.41, 5.74) is 0.310. The molecular weight excluding hydrogens is 296 g/mol. The summed E-state index contributed by atoms with van der Waals surface area (Å²) in [5, 5.41) is 11.5. The van der Waals surface area contributed by atoms with E-state index in [1.54, 1.807) is 0 Å². The fourth-order valence-electron chi connectivity index (χ4n) is 2.12. The number of hydrogen-bond donors (Lipinski definition) is 2. The number of benzene rings is 1. The molecule has 21 heavy (non-hydrogen) atoms. The Morgan fingerprint density at radius 3 is 2.67 bits per heavy atom. The van der Waals surface area contributed by atoms with Crippen LogP contribution < -0.4 is 10.1 Å². The number of carbonyl (C=O) groups excluding carboxylic acids is 1. The minimum atomic E-state index is -3.61. The van der Waals surface area contributed by atoms with Gasteiger partial charge in [-0.2, -0.15) is 4.31 Å². The van der Waals surface area contributed by atoms with Gasteiger partial charge in [0.25, 0.3) is 0 Å². The molecule has 1 fully saturated rings. The molecule has 2 N–H and O–H groups in total. The molecule has 1 saturated heterocycles. The number of carbonyl (C=O) groups is 1. The van der Waals surface area contributed by atoms with Crippen molar-refractivity contribution >= 4 is 21.6 Å². The molecule has 0 atom stereocenters. The maximum atomic E-state index is 12.4. The van der Waals surface area contributed by atoms with E-state index in [4.69, 9.17) is 9.84 Å². The third-order valence-electron chi connectivity index (χ3n) is 3.30. The molecule has 1 aliphatic heterocycles. The van der Waals surface area contributed by atoms with Gasteiger partial charge in [-0.15, -0.1) is 0 Å². The van der Waals surface area contributed by atoms with Crippen molar-refractivity contribution in [3.63, 3.8) is 0 Å². The first kappa shape index (κ1) is 15.7. The summed E-state index contributed by atoms with van der Waals surface area (Å²) in [6.07, 6.45) is 0. The van der Waals surface area contributed by atoms with E-state index in [1.807, 2.05) is 0 Å². The van der Waals surface area contributed by atoms with Crippen LogP contribution in [0.3, 0.4) is 0 Å². The zero-order chi connectivity index (χ0) is 15.6. The highest BCUT2D eigenvalue weighted by Gasteiger charge is 2.36. The highest BCUT2D eigenvalue weighted by molar-refractivity contribution is 7.89. The molecule has 1 amide bonds. The van der Waals surface area contributed by atoms with E-state index in [0.29, 0.717) is 24.5 Å². The van der Waals surface area contributed by atoms with E-state index in [-0.39, 0.29) is 23.3 Å². The number of rotatable bonds is 5. The Bertz CT molecular complexity index is 638. The zero-order valence-corrected chi connectivity index (χ0v) is 12.7. The van der Waals surface area contributed by atoms with Gasteiger partial charge in [-0.1, -0.05) is 0 Å². The van der Waals surface area contributed by atoms with Gasteiger partial charge < -0.3 is 15.2 Å². The number of nitrogens with one attached hydrogen (secondary N) is 1. The van der Waals surface area contributed by atoms with Gasteiger partial charge in [0.05, 0.1) is 17.7 Å². The first-order valence-corrected chi connectivity index (χ1v) is 7.89. The van der Waals surface area contributed by atoms with E-state index >= 15 is 0 Å². The van der Waals surface area contributed by atoms with Crippen LogP contribution in [0.25, 0.3) is 0 Å². The van der Waals surface area contributed by atoms with Crippen LogP contribution in [0, 0.1) is 5.92 Å². The van der Waals surface area contributed by atoms with Crippen LogP contribution in [-0.2, 0) is 14.8 Å².